The first-order valence-electron chi connectivity index (χ1n) is 21.2. The molecule has 3 saturated heterocycles. The fraction of sp³-hybridized carbons (Fsp3) is 0.727. The lowest BCUT2D eigenvalue weighted by Crippen LogP contribution is -2.61. The highest BCUT2D eigenvalue weighted by molar-refractivity contribution is 6.04. The predicted molar refractivity (Wildman–Crippen MR) is 227 cm³/mol. The third-order valence-corrected chi connectivity index (χ3v) is 12.6. The highest BCUT2D eigenvalue weighted by Gasteiger charge is 2.55. The molecule has 3 fully saturated rings. The average molecular weight is 858 g/mol. The van der Waals surface area contributed by atoms with E-state index in [1.54, 1.807) is 39.2 Å². The van der Waals surface area contributed by atoms with Crippen LogP contribution in [0.25, 0.3) is 11.1 Å². The number of likely N-dealkylation sites (N-methyl/N-ethyl adjacent to an activating group) is 1. The summed E-state index contributed by atoms with van der Waals surface area (Å²) in [4.78, 5) is 58.8. The van der Waals surface area contributed by atoms with Gasteiger partial charge in [0.15, 0.2) is 17.7 Å². The number of oxime groups is 1. The Balaban J connectivity index is 1.69. The van der Waals surface area contributed by atoms with Crippen LogP contribution in [0.4, 0.5) is 6.01 Å². The number of benzene rings is 1. The third-order valence-electron chi connectivity index (χ3n) is 12.6. The number of esters is 1. The number of oxazole rings is 1. The van der Waals surface area contributed by atoms with Crippen LogP contribution in [0, 0.1) is 23.2 Å². The van der Waals surface area contributed by atoms with Gasteiger partial charge in [0.25, 0.3) is 6.01 Å². The van der Waals surface area contributed by atoms with Crippen LogP contribution in [-0.2, 0) is 54.2 Å². The summed E-state index contributed by atoms with van der Waals surface area (Å²) in [5.41, 5.74) is 3.37. The number of aliphatic hydroxyl groups is 1. The van der Waals surface area contributed by atoms with Crippen LogP contribution in [0.1, 0.15) is 94.1 Å². The molecule has 3 N–H and O–H groups in total. The molecule has 0 saturated carbocycles. The number of carbonyl (C=O) groups is 3. The predicted octanol–water partition coefficient (Wildman–Crippen LogP) is 4.89. The third kappa shape index (κ3) is 10.5. The molecule has 61 heavy (non-hydrogen) atoms. The van der Waals surface area contributed by atoms with E-state index in [1.165, 1.54) is 27.7 Å². The maximum atomic E-state index is 14.9. The monoisotopic (exact) mass is 857 g/mol. The summed E-state index contributed by atoms with van der Waals surface area (Å²) in [7, 11) is 5.51. The van der Waals surface area contributed by atoms with Crippen LogP contribution < -0.4 is 5.73 Å². The van der Waals surface area contributed by atoms with Crippen LogP contribution in [0.5, 0.6) is 0 Å². The van der Waals surface area contributed by atoms with E-state index in [1.807, 2.05) is 41.8 Å². The molecule has 1 aromatic heterocycles. The van der Waals surface area contributed by atoms with Crippen molar-refractivity contribution in [3.8, 4) is 0 Å². The van der Waals surface area contributed by atoms with Gasteiger partial charge in [-0.25, -0.2) is 4.99 Å². The number of aromatic nitrogens is 1. The van der Waals surface area contributed by atoms with Gasteiger partial charge in [0.05, 0.1) is 37.1 Å². The van der Waals surface area contributed by atoms with Crippen LogP contribution in [0.15, 0.2) is 32.8 Å². The van der Waals surface area contributed by atoms with Crippen LogP contribution >= 0.6 is 0 Å². The van der Waals surface area contributed by atoms with Gasteiger partial charge in [-0.15, -0.1) is 0 Å². The number of anilines is 1. The van der Waals surface area contributed by atoms with Gasteiger partial charge in [-0.1, -0.05) is 38.9 Å². The van der Waals surface area contributed by atoms with E-state index in [0.717, 1.165) is 5.56 Å². The van der Waals surface area contributed by atoms with Crippen molar-refractivity contribution in [2.45, 2.75) is 149 Å². The Bertz CT molecular complexity index is 1950. The van der Waals surface area contributed by atoms with E-state index >= 15 is 0 Å². The van der Waals surface area contributed by atoms with E-state index in [2.05, 4.69) is 20.0 Å². The minimum absolute atomic E-state index is 0.0380. The zero-order valence-corrected chi connectivity index (χ0v) is 38.1. The summed E-state index contributed by atoms with van der Waals surface area (Å²) in [6.07, 6.45) is -4.13. The van der Waals surface area contributed by atoms with Crippen LogP contribution in [0.2, 0.25) is 0 Å². The summed E-state index contributed by atoms with van der Waals surface area (Å²) >= 11 is 0. The highest BCUT2D eigenvalue weighted by atomic mass is 16.7. The second-order valence-corrected chi connectivity index (χ2v) is 18.2. The second kappa shape index (κ2) is 19.3. The van der Waals surface area contributed by atoms with Crippen LogP contribution in [0.3, 0.4) is 0 Å². The molecule has 1 amide bonds. The van der Waals surface area contributed by atoms with E-state index < -0.39 is 82.7 Å². The standard InChI is InChI=1S/C44H67N5O12/c1-14-33-44(10,53)38-25(4)34(46-27(6)50)23(2)19-43(9,56-22-29(21-55-38)48-57-20-28-15-16-32-30(18-28)47-41(45)59-32)37(26(5)36(51)42(7,8)40(52)60-33)61-39-35(54-13)31(49(11)12)17-24(3)58-39/h15-16,18,23-26,31,33,35,37-39,53H,14,17,19-22H2,1-13H3,(H2,45,47)/b46-34?,48-29-/t23-,24-,25+,26+,31+,33-,35-,37-,38-,39+,43-,44-/m1/s1. The van der Waals surface area contributed by atoms with Crippen molar-refractivity contribution in [2.24, 2.45) is 33.3 Å². The van der Waals surface area contributed by atoms with Gasteiger partial charge in [-0.2, -0.15) is 4.98 Å². The maximum Gasteiger partial charge on any atom is 0.319 e. The Morgan fingerprint density at radius 3 is 2.43 bits per heavy atom. The number of fused-ring (bicyclic) bond motifs is 6. The fourth-order valence-corrected chi connectivity index (χ4v) is 9.31. The summed E-state index contributed by atoms with van der Waals surface area (Å²) in [6.45, 7) is 16.6. The summed E-state index contributed by atoms with van der Waals surface area (Å²) in [6, 6.07) is 5.27. The number of nitrogens with zero attached hydrogens (tertiary/aromatic N) is 4. The highest BCUT2D eigenvalue weighted by Crippen LogP contribution is 2.42. The number of methoxy groups -OCH3 is 1. The molecule has 1 aromatic carbocycles. The molecule has 340 valence electrons. The molecule has 5 rings (SSSR count). The van der Waals surface area contributed by atoms with Gasteiger partial charge in [0.1, 0.15) is 41.1 Å². The largest absolute Gasteiger partial charge is 0.458 e. The molecule has 0 spiro atoms. The molecular formula is C44H67N5O12. The molecule has 12 atom stereocenters. The first-order chi connectivity index (χ1) is 28.5. The van der Waals surface area contributed by atoms with Gasteiger partial charge in [0, 0.05) is 37.6 Å². The zero-order valence-electron chi connectivity index (χ0n) is 38.1. The van der Waals surface area contributed by atoms with Crippen molar-refractivity contribution in [1.29, 1.82) is 0 Å². The lowest BCUT2D eigenvalue weighted by molar-refractivity contribution is -0.300. The van der Waals surface area contributed by atoms with Gasteiger partial charge in [-0.05, 0) is 91.6 Å². The molecule has 4 heterocycles. The summed E-state index contributed by atoms with van der Waals surface area (Å²) in [5, 5.41) is 17.0. The van der Waals surface area contributed by atoms with Gasteiger partial charge >= 0.3 is 5.97 Å². The van der Waals surface area contributed by atoms with Crippen LogP contribution in [-0.4, -0.2) is 133 Å². The average Bonchev–Trinajstić information content (AvgIpc) is 3.56. The number of ether oxygens (including phenoxy) is 6. The number of amides is 1. The first-order valence-corrected chi connectivity index (χ1v) is 21.2. The number of Topliss-reactive ketones (excluding diaryl/α,β-unsaturated/α-hetero) is 1. The number of aliphatic imine (C=N–C) groups is 1. The Morgan fingerprint density at radius 1 is 1.08 bits per heavy atom. The minimum Gasteiger partial charge on any atom is -0.458 e. The molecule has 17 nitrogen and oxygen atoms in total. The number of rotatable bonds is 8. The topological polar surface area (TPSA) is 216 Å². The van der Waals surface area contributed by atoms with E-state index in [-0.39, 0.29) is 50.8 Å². The van der Waals surface area contributed by atoms with Crippen molar-refractivity contribution < 1.29 is 57.2 Å². The number of nitrogen functional groups attached to an aromatic ring is 1. The molecular weight excluding hydrogens is 791 g/mol. The number of hydrogen-bond acceptors (Lipinski definition) is 16. The quantitative estimate of drug-likeness (QED) is 0.205. The Labute approximate surface area is 359 Å². The van der Waals surface area contributed by atoms with E-state index in [4.69, 9.17) is 43.4 Å². The normalized spacial score (nSPS) is 37.0. The first kappa shape index (κ1) is 48.2. The number of ketones is 1. The molecule has 3 aliphatic rings. The molecule has 2 aromatic rings. The smallest absolute Gasteiger partial charge is 0.319 e. The van der Waals surface area contributed by atoms with Crippen molar-refractivity contribution in [3.63, 3.8) is 0 Å². The number of cyclic esters (lactones) is 1. The van der Waals surface area contributed by atoms with Gasteiger partial charge in [0.2, 0.25) is 5.91 Å². The Morgan fingerprint density at radius 2 is 1.79 bits per heavy atom. The lowest BCUT2D eigenvalue weighted by Gasteiger charge is -2.48. The molecule has 0 radical (unpaired) electrons. The summed E-state index contributed by atoms with van der Waals surface area (Å²) < 4.78 is 44.7. The number of nitrogens with two attached hydrogens (primary N) is 1. The zero-order chi connectivity index (χ0) is 45.2. The minimum atomic E-state index is -1.87. The molecule has 17 heteroatoms. The van der Waals surface area contributed by atoms with Crippen molar-refractivity contribution >= 4 is 46.2 Å². The Kier molecular flexibility index (Phi) is 15.2. The maximum absolute atomic E-state index is 14.9. The number of hydrogen-bond donors (Lipinski definition) is 2. The Hall–Kier alpha value is -3.84. The SMILES string of the molecule is CC[C@H]1OC(=O)C(C)(C)C(=O)[C@H](C)[C@@H](O[C@@H]2O[C@H](C)C[C@H](N(C)C)[C@H]2OC)[C@@]2(C)C[C@@H](C)C(=NC(C)=O)[C@H](C)[C@@H](OC/C(=N/OCc3ccc4oc(N)nc4c3)CO2)[C@]1(C)O. The van der Waals surface area contributed by atoms with E-state index in [9.17, 15) is 19.5 Å². The van der Waals surface area contributed by atoms with Crippen molar-refractivity contribution in [1.82, 2.24) is 9.88 Å². The van der Waals surface area contributed by atoms with Crippen molar-refractivity contribution in [2.75, 3.05) is 40.2 Å². The molecule has 0 unspecified atom stereocenters. The van der Waals surface area contributed by atoms with E-state index in [0.29, 0.717) is 28.9 Å². The fourth-order valence-electron chi connectivity index (χ4n) is 9.31. The molecule has 3 aliphatic heterocycles. The number of carbonyl (C=O) groups excluding carboxylic acids is 3. The molecule has 2 bridgehead atoms. The lowest BCUT2D eigenvalue weighted by atomic mass is 9.71. The molecule has 0 aliphatic carbocycles. The second-order valence-electron chi connectivity index (χ2n) is 18.2. The summed E-state index contributed by atoms with van der Waals surface area (Å²) in [5.74, 6) is -4.00. The van der Waals surface area contributed by atoms with Gasteiger partial charge in [-0.3, -0.25) is 14.4 Å². The van der Waals surface area contributed by atoms with Gasteiger partial charge < -0.3 is 53.4 Å². The van der Waals surface area contributed by atoms with Crippen molar-refractivity contribution in [3.05, 3.63) is 23.8 Å².